The molecule has 0 bridgehead atoms. The Hall–Kier alpha value is -3.12. The van der Waals surface area contributed by atoms with Crippen LogP contribution in [0.25, 0.3) is 11.3 Å². The number of aromatic nitrogens is 1. The van der Waals surface area contributed by atoms with E-state index < -0.39 is 0 Å². The maximum atomic E-state index is 12.5. The average molecular weight is 448 g/mol. The van der Waals surface area contributed by atoms with Crippen molar-refractivity contribution in [2.24, 2.45) is 0 Å². The molecule has 33 heavy (non-hydrogen) atoms. The zero-order valence-electron chi connectivity index (χ0n) is 19.5. The minimum absolute atomic E-state index is 0.000316. The maximum Gasteiger partial charge on any atom is 0.220 e. The number of benzene rings is 2. The van der Waals surface area contributed by atoms with Crippen LogP contribution in [0, 0.1) is 0 Å². The smallest absolute Gasteiger partial charge is 0.220 e. The number of carbonyl (C=O) groups excluding carboxylic acids is 1. The van der Waals surface area contributed by atoms with Crippen LogP contribution in [0.4, 0.5) is 0 Å². The fourth-order valence-corrected chi connectivity index (χ4v) is 4.31. The van der Waals surface area contributed by atoms with Crippen LogP contribution in [0.1, 0.15) is 49.6 Å². The van der Waals surface area contributed by atoms with E-state index in [1.165, 1.54) is 30.4 Å². The fraction of sp³-hybridized carbons (Fsp3) is 0.407. The number of hydrogen-bond donors (Lipinski definition) is 1. The van der Waals surface area contributed by atoms with Gasteiger partial charge in [0.1, 0.15) is 5.75 Å². The van der Waals surface area contributed by atoms with E-state index in [4.69, 9.17) is 9.15 Å². The number of nitrogens with zero attached hydrogens (tertiary/aromatic N) is 2. The van der Waals surface area contributed by atoms with E-state index in [9.17, 15) is 4.79 Å². The van der Waals surface area contributed by atoms with Gasteiger partial charge in [0.25, 0.3) is 0 Å². The molecule has 1 fully saturated rings. The van der Waals surface area contributed by atoms with Crippen molar-refractivity contribution in [3.63, 3.8) is 0 Å². The van der Waals surface area contributed by atoms with Gasteiger partial charge in [0.15, 0.2) is 11.7 Å². The molecule has 6 heteroatoms. The SMILES string of the molecule is COc1ccc(-c2cnc(CCC(=O)NCc3ccccc3CN3CCCCC3C)o2)cc1. The lowest BCUT2D eigenvalue weighted by Crippen LogP contribution is -2.37. The predicted molar refractivity (Wildman–Crippen MR) is 129 cm³/mol. The molecule has 1 aliphatic rings. The summed E-state index contributed by atoms with van der Waals surface area (Å²) in [7, 11) is 1.64. The second kappa shape index (κ2) is 11.1. The summed E-state index contributed by atoms with van der Waals surface area (Å²) in [5.74, 6) is 2.05. The Labute approximate surface area is 196 Å². The van der Waals surface area contributed by atoms with E-state index in [-0.39, 0.29) is 5.91 Å². The fourth-order valence-electron chi connectivity index (χ4n) is 4.31. The first-order valence-corrected chi connectivity index (χ1v) is 11.8. The standard InChI is InChI=1S/C27H33N3O3/c1-20-7-5-6-16-30(20)19-23-9-4-3-8-22(23)17-28-26(31)14-15-27-29-18-25(33-27)21-10-12-24(32-2)13-11-21/h3-4,8-13,18,20H,5-7,14-17,19H2,1-2H3,(H,28,31). The van der Waals surface area contributed by atoms with Gasteiger partial charge in [-0.3, -0.25) is 9.69 Å². The Morgan fingerprint density at radius 1 is 1.15 bits per heavy atom. The van der Waals surface area contributed by atoms with Gasteiger partial charge in [-0.1, -0.05) is 30.7 Å². The van der Waals surface area contributed by atoms with Crippen LogP contribution in [-0.2, 0) is 24.3 Å². The number of aryl methyl sites for hydroxylation is 1. The summed E-state index contributed by atoms with van der Waals surface area (Å²) in [5, 5.41) is 3.07. The van der Waals surface area contributed by atoms with Crippen LogP contribution in [-0.4, -0.2) is 35.5 Å². The molecular formula is C27H33N3O3. The van der Waals surface area contributed by atoms with Gasteiger partial charge < -0.3 is 14.5 Å². The number of methoxy groups -OCH3 is 1. The summed E-state index contributed by atoms with van der Waals surface area (Å²) in [6.45, 7) is 4.94. The van der Waals surface area contributed by atoms with Crippen molar-refractivity contribution < 1.29 is 13.9 Å². The molecule has 1 amide bonds. The molecule has 0 spiro atoms. The topological polar surface area (TPSA) is 67.6 Å². The Kier molecular flexibility index (Phi) is 7.79. The van der Waals surface area contributed by atoms with Crippen molar-refractivity contribution in [3.8, 4) is 17.1 Å². The minimum atomic E-state index is 0.000316. The van der Waals surface area contributed by atoms with Gasteiger partial charge in [-0.25, -0.2) is 4.98 Å². The monoisotopic (exact) mass is 447 g/mol. The van der Waals surface area contributed by atoms with Crippen molar-refractivity contribution >= 4 is 5.91 Å². The Morgan fingerprint density at radius 2 is 1.94 bits per heavy atom. The molecule has 0 saturated carbocycles. The van der Waals surface area contributed by atoms with Crippen molar-refractivity contribution in [1.82, 2.24) is 15.2 Å². The van der Waals surface area contributed by atoms with Gasteiger partial charge >= 0.3 is 0 Å². The summed E-state index contributed by atoms with van der Waals surface area (Å²) in [5.41, 5.74) is 3.41. The largest absolute Gasteiger partial charge is 0.497 e. The number of nitrogens with one attached hydrogen (secondary N) is 1. The molecule has 0 aliphatic carbocycles. The number of piperidine rings is 1. The predicted octanol–water partition coefficient (Wildman–Crippen LogP) is 4.97. The molecule has 4 rings (SSSR count). The molecule has 1 N–H and O–H groups in total. The molecule has 1 aromatic heterocycles. The normalized spacial score (nSPS) is 16.5. The van der Waals surface area contributed by atoms with Gasteiger partial charge in [-0.15, -0.1) is 0 Å². The van der Waals surface area contributed by atoms with Crippen molar-refractivity contribution in [3.05, 3.63) is 71.7 Å². The maximum absolute atomic E-state index is 12.5. The van der Waals surface area contributed by atoms with Crippen LogP contribution in [0.3, 0.4) is 0 Å². The van der Waals surface area contributed by atoms with Crippen LogP contribution < -0.4 is 10.1 Å². The van der Waals surface area contributed by atoms with E-state index in [0.29, 0.717) is 37.1 Å². The second-order valence-corrected chi connectivity index (χ2v) is 8.71. The highest BCUT2D eigenvalue weighted by atomic mass is 16.5. The van der Waals surface area contributed by atoms with E-state index in [2.05, 4.69) is 40.3 Å². The third-order valence-corrected chi connectivity index (χ3v) is 6.40. The van der Waals surface area contributed by atoms with Gasteiger partial charge in [0, 0.05) is 37.5 Å². The number of carbonyl (C=O) groups is 1. The lowest BCUT2D eigenvalue weighted by molar-refractivity contribution is -0.121. The lowest BCUT2D eigenvalue weighted by Gasteiger charge is -2.33. The zero-order valence-corrected chi connectivity index (χ0v) is 19.5. The van der Waals surface area contributed by atoms with Crippen molar-refractivity contribution in [2.75, 3.05) is 13.7 Å². The van der Waals surface area contributed by atoms with Crippen LogP contribution in [0.15, 0.2) is 59.1 Å². The average Bonchev–Trinajstić information content (AvgIpc) is 3.33. The zero-order chi connectivity index (χ0) is 23.0. The third-order valence-electron chi connectivity index (χ3n) is 6.40. The molecule has 2 aromatic carbocycles. The van der Waals surface area contributed by atoms with Crippen LogP contribution in [0.2, 0.25) is 0 Å². The van der Waals surface area contributed by atoms with Gasteiger partial charge in [-0.2, -0.15) is 0 Å². The number of rotatable bonds is 9. The molecular weight excluding hydrogens is 414 g/mol. The molecule has 0 radical (unpaired) electrons. The van der Waals surface area contributed by atoms with Crippen LogP contribution >= 0.6 is 0 Å². The van der Waals surface area contributed by atoms with Crippen molar-refractivity contribution in [1.29, 1.82) is 0 Å². The number of hydrogen-bond acceptors (Lipinski definition) is 5. The van der Waals surface area contributed by atoms with E-state index in [1.54, 1.807) is 13.3 Å². The number of amides is 1. The summed E-state index contributed by atoms with van der Waals surface area (Å²) >= 11 is 0. The lowest BCUT2D eigenvalue weighted by atomic mass is 10.0. The van der Waals surface area contributed by atoms with E-state index in [0.717, 1.165) is 24.4 Å². The molecule has 1 unspecified atom stereocenters. The Balaban J connectivity index is 1.27. The quantitative estimate of drug-likeness (QED) is 0.501. The van der Waals surface area contributed by atoms with Crippen LogP contribution in [0.5, 0.6) is 5.75 Å². The minimum Gasteiger partial charge on any atom is -0.497 e. The number of ether oxygens (including phenoxy) is 1. The van der Waals surface area contributed by atoms with E-state index >= 15 is 0 Å². The summed E-state index contributed by atoms with van der Waals surface area (Å²) < 4.78 is 11.0. The molecule has 2 heterocycles. The van der Waals surface area contributed by atoms with E-state index in [1.807, 2.05) is 30.3 Å². The van der Waals surface area contributed by atoms with Gasteiger partial charge in [0.05, 0.1) is 13.3 Å². The summed E-state index contributed by atoms with van der Waals surface area (Å²) in [6, 6.07) is 16.6. The molecule has 6 nitrogen and oxygen atoms in total. The van der Waals surface area contributed by atoms with Crippen molar-refractivity contribution in [2.45, 2.75) is 58.2 Å². The summed E-state index contributed by atoms with van der Waals surface area (Å²) in [4.78, 5) is 19.4. The second-order valence-electron chi connectivity index (χ2n) is 8.71. The first-order valence-electron chi connectivity index (χ1n) is 11.8. The first kappa shape index (κ1) is 23.1. The Bertz CT molecular complexity index is 1040. The third kappa shape index (κ3) is 6.23. The Morgan fingerprint density at radius 3 is 2.70 bits per heavy atom. The molecule has 1 atom stereocenters. The number of likely N-dealkylation sites (tertiary alicyclic amines) is 1. The molecule has 1 saturated heterocycles. The molecule has 174 valence electrons. The highest BCUT2D eigenvalue weighted by Crippen LogP contribution is 2.24. The number of oxazole rings is 1. The summed E-state index contributed by atoms with van der Waals surface area (Å²) in [6.07, 6.45) is 6.36. The van der Waals surface area contributed by atoms with Gasteiger partial charge in [-0.05, 0) is 61.7 Å². The van der Waals surface area contributed by atoms with Gasteiger partial charge in [0.2, 0.25) is 5.91 Å². The first-order chi connectivity index (χ1) is 16.1. The highest BCUT2D eigenvalue weighted by Gasteiger charge is 2.19. The highest BCUT2D eigenvalue weighted by molar-refractivity contribution is 5.76. The molecule has 3 aromatic rings. The molecule has 1 aliphatic heterocycles.